The number of carbonyl (C=O) groups is 1. The van der Waals surface area contributed by atoms with E-state index in [0.29, 0.717) is 36.2 Å². The average molecular weight is 363 g/mol. The van der Waals surface area contributed by atoms with E-state index in [1.54, 1.807) is 17.0 Å². The number of halogens is 1. The van der Waals surface area contributed by atoms with E-state index in [1.807, 2.05) is 0 Å². The second-order valence-corrected chi connectivity index (χ2v) is 7.46. The van der Waals surface area contributed by atoms with Gasteiger partial charge in [-0.3, -0.25) is 4.79 Å². The molecule has 0 spiro atoms. The summed E-state index contributed by atoms with van der Waals surface area (Å²) in [5, 5.41) is 9.59. The fourth-order valence-corrected chi connectivity index (χ4v) is 3.12. The Kier molecular flexibility index (Phi) is 4.36. The summed E-state index contributed by atoms with van der Waals surface area (Å²) in [5.74, 6) is -0.202. The molecule has 0 saturated carbocycles. The molecule has 1 N–H and O–H groups in total. The highest BCUT2D eigenvalue weighted by molar-refractivity contribution is 9.10. The van der Waals surface area contributed by atoms with Crippen LogP contribution in [0.15, 0.2) is 22.7 Å². The maximum absolute atomic E-state index is 12.3. The summed E-state index contributed by atoms with van der Waals surface area (Å²) in [7, 11) is -3.20. The number of nitrogens with zero attached hydrogens (tertiary/aromatic N) is 2. The molecule has 1 amide bonds. The first kappa shape index (κ1) is 15.3. The maximum Gasteiger partial charge on any atom is 0.254 e. The van der Waals surface area contributed by atoms with Crippen LogP contribution < -0.4 is 0 Å². The van der Waals surface area contributed by atoms with E-state index in [4.69, 9.17) is 0 Å². The van der Waals surface area contributed by atoms with Gasteiger partial charge in [0.25, 0.3) is 5.91 Å². The quantitative estimate of drug-likeness (QED) is 0.846. The third-order valence-electron chi connectivity index (χ3n) is 3.19. The van der Waals surface area contributed by atoms with E-state index in [2.05, 4.69) is 15.9 Å². The molecule has 1 aromatic carbocycles. The first-order valence-corrected chi connectivity index (χ1v) is 8.66. The summed E-state index contributed by atoms with van der Waals surface area (Å²) in [6.45, 7) is 1.30. The lowest BCUT2D eigenvalue weighted by molar-refractivity contribution is 0.0698. The summed E-state index contributed by atoms with van der Waals surface area (Å²) < 4.78 is 24.7. The summed E-state index contributed by atoms with van der Waals surface area (Å²) in [5.41, 5.74) is 0.388. The number of hydrogen-bond donors (Lipinski definition) is 1. The Hall–Kier alpha value is -1.12. The summed E-state index contributed by atoms with van der Waals surface area (Å²) in [6, 6.07) is 4.62. The Labute approximate surface area is 126 Å². The molecule has 0 aliphatic carbocycles. The van der Waals surface area contributed by atoms with Gasteiger partial charge in [-0.1, -0.05) is 0 Å². The van der Waals surface area contributed by atoms with Crippen LogP contribution >= 0.6 is 15.9 Å². The molecule has 0 aromatic heterocycles. The minimum atomic E-state index is -3.20. The van der Waals surface area contributed by atoms with Crippen molar-refractivity contribution >= 4 is 31.9 Å². The second-order valence-electron chi connectivity index (χ2n) is 4.62. The predicted octanol–water partition coefficient (Wildman–Crippen LogP) is 0.872. The molecular formula is C12H15BrN2O4S. The number of carbonyl (C=O) groups excluding carboxylic acids is 1. The van der Waals surface area contributed by atoms with Crippen molar-refractivity contribution in [1.82, 2.24) is 9.21 Å². The van der Waals surface area contributed by atoms with Crippen LogP contribution in [0.4, 0.5) is 0 Å². The maximum atomic E-state index is 12.3. The van der Waals surface area contributed by atoms with Crippen LogP contribution in [0.2, 0.25) is 0 Å². The number of rotatable bonds is 2. The average Bonchev–Trinajstić information content (AvgIpc) is 2.40. The number of amides is 1. The highest BCUT2D eigenvalue weighted by atomic mass is 79.9. The molecule has 1 saturated heterocycles. The first-order chi connectivity index (χ1) is 9.29. The molecule has 2 rings (SSSR count). The molecule has 1 aromatic rings. The molecule has 20 heavy (non-hydrogen) atoms. The minimum absolute atomic E-state index is 0.00521. The molecule has 1 fully saturated rings. The van der Waals surface area contributed by atoms with Crippen LogP contribution in [-0.4, -0.2) is 61.1 Å². The van der Waals surface area contributed by atoms with Crippen molar-refractivity contribution in [1.29, 1.82) is 0 Å². The van der Waals surface area contributed by atoms with Crippen LogP contribution in [0.5, 0.6) is 5.75 Å². The van der Waals surface area contributed by atoms with Crippen LogP contribution in [0.25, 0.3) is 0 Å². The smallest absolute Gasteiger partial charge is 0.254 e. The summed E-state index contributed by atoms with van der Waals surface area (Å²) >= 11 is 3.16. The van der Waals surface area contributed by atoms with E-state index in [1.165, 1.54) is 10.4 Å². The topological polar surface area (TPSA) is 77.9 Å². The molecule has 6 nitrogen and oxygen atoms in total. The Morgan fingerprint density at radius 2 is 1.85 bits per heavy atom. The van der Waals surface area contributed by atoms with Gasteiger partial charge in [0.2, 0.25) is 10.0 Å². The summed E-state index contributed by atoms with van der Waals surface area (Å²) in [6.07, 6.45) is 1.16. The molecule has 0 atom stereocenters. The molecule has 0 bridgehead atoms. The molecular weight excluding hydrogens is 348 g/mol. The third kappa shape index (κ3) is 3.31. The van der Waals surface area contributed by atoms with Crippen LogP contribution in [0, 0.1) is 0 Å². The standard InChI is InChI=1S/C12H15BrN2O4S/c1-20(18,19)15-6-4-14(5-7-15)12(17)9-2-3-10(13)11(16)8-9/h2-3,8,16H,4-7H2,1H3. The van der Waals surface area contributed by atoms with Crippen LogP contribution in [0.3, 0.4) is 0 Å². The first-order valence-electron chi connectivity index (χ1n) is 6.02. The van der Waals surface area contributed by atoms with Gasteiger partial charge in [-0.15, -0.1) is 0 Å². The van der Waals surface area contributed by atoms with Crippen molar-refractivity contribution in [2.24, 2.45) is 0 Å². The third-order valence-corrected chi connectivity index (χ3v) is 5.16. The number of phenolic OH excluding ortho intramolecular Hbond substituents is 1. The SMILES string of the molecule is CS(=O)(=O)N1CCN(C(=O)c2ccc(Br)c(O)c2)CC1. The fraction of sp³-hybridized carbons (Fsp3) is 0.417. The zero-order chi connectivity index (χ0) is 14.9. The number of sulfonamides is 1. The second kappa shape index (κ2) is 5.71. The van der Waals surface area contributed by atoms with E-state index in [9.17, 15) is 18.3 Å². The molecule has 1 heterocycles. The van der Waals surface area contributed by atoms with Crippen molar-refractivity contribution in [2.45, 2.75) is 0 Å². The van der Waals surface area contributed by atoms with Gasteiger partial charge < -0.3 is 10.0 Å². The molecule has 8 heteroatoms. The summed E-state index contributed by atoms with van der Waals surface area (Å²) in [4.78, 5) is 13.8. The Balaban J connectivity index is 2.07. The number of aromatic hydroxyl groups is 1. The zero-order valence-corrected chi connectivity index (χ0v) is 13.3. The van der Waals surface area contributed by atoms with Gasteiger partial charge in [0.15, 0.2) is 0 Å². The number of benzene rings is 1. The minimum Gasteiger partial charge on any atom is -0.507 e. The highest BCUT2D eigenvalue weighted by Gasteiger charge is 2.26. The predicted molar refractivity (Wildman–Crippen MR) is 78.1 cm³/mol. The van der Waals surface area contributed by atoms with Crippen molar-refractivity contribution in [3.8, 4) is 5.75 Å². The van der Waals surface area contributed by atoms with Crippen molar-refractivity contribution in [3.05, 3.63) is 28.2 Å². The van der Waals surface area contributed by atoms with Crippen LogP contribution in [0.1, 0.15) is 10.4 Å². The van der Waals surface area contributed by atoms with E-state index in [0.717, 1.165) is 6.26 Å². The highest BCUT2D eigenvalue weighted by Crippen LogP contribution is 2.25. The van der Waals surface area contributed by atoms with E-state index in [-0.39, 0.29) is 11.7 Å². The molecule has 0 radical (unpaired) electrons. The number of phenols is 1. The Morgan fingerprint density at radius 1 is 1.25 bits per heavy atom. The van der Waals surface area contributed by atoms with E-state index < -0.39 is 10.0 Å². The van der Waals surface area contributed by atoms with Gasteiger partial charge in [0.1, 0.15) is 5.75 Å². The Bertz CT molecular complexity index is 624. The van der Waals surface area contributed by atoms with Crippen molar-refractivity contribution in [2.75, 3.05) is 32.4 Å². The lowest BCUT2D eigenvalue weighted by atomic mass is 10.2. The molecule has 1 aliphatic rings. The van der Waals surface area contributed by atoms with Gasteiger partial charge in [-0.05, 0) is 34.1 Å². The molecule has 1 aliphatic heterocycles. The lowest BCUT2D eigenvalue weighted by Gasteiger charge is -2.33. The van der Waals surface area contributed by atoms with Crippen molar-refractivity contribution < 1.29 is 18.3 Å². The normalized spacial score (nSPS) is 17.2. The Morgan fingerprint density at radius 3 is 2.35 bits per heavy atom. The van der Waals surface area contributed by atoms with Gasteiger partial charge in [-0.2, -0.15) is 4.31 Å². The largest absolute Gasteiger partial charge is 0.507 e. The number of hydrogen-bond acceptors (Lipinski definition) is 4. The van der Waals surface area contributed by atoms with Gasteiger partial charge in [0, 0.05) is 31.7 Å². The van der Waals surface area contributed by atoms with Gasteiger partial charge in [-0.25, -0.2) is 8.42 Å². The molecule has 110 valence electrons. The van der Waals surface area contributed by atoms with Crippen molar-refractivity contribution in [3.63, 3.8) is 0 Å². The fourth-order valence-electron chi connectivity index (χ4n) is 2.05. The monoisotopic (exact) mass is 362 g/mol. The van der Waals surface area contributed by atoms with Crippen LogP contribution in [-0.2, 0) is 10.0 Å². The number of piperazine rings is 1. The van der Waals surface area contributed by atoms with Gasteiger partial charge in [0.05, 0.1) is 10.7 Å². The van der Waals surface area contributed by atoms with Gasteiger partial charge >= 0.3 is 0 Å². The molecule has 0 unspecified atom stereocenters. The zero-order valence-electron chi connectivity index (χ0n) is 10.9. The lowest BCUT2D eigenvalue weighted by Crippen LogP contribution is -2.50. The van der Waals surface area contributed by atoms with E-state index >= 15 is 0 Å².